The molecule has 1 aromatic carbocycles. The number of halogens is 1. The van der Waals surface area contributed by atoms with Gasteiger partial charge in [0, 0.05) is 11.6 Å². The maximum absolute atomic E-state index is 6.02. The Bertz CT molecular complexity index is 314. The molecule has 1 atom stereocenters. The van der Waals surface area contributed by atoms with Gasteiger partial charge in [0.2, 0.25) is 0 Å². The van der Waals surface area contributed by atoms with Crippen molar-refractivity contribution in [3.8, 4) is 0 Å². The van der Waals surface area contributed by atoms with E-state index < -0.39 is 0 Å². The average Bonchev–Trinajstić information content (AvgIpc) is 2.22. The third kappa shape index (κ3) is 3.82. The molecule has 1 aromatic rings. The summed E-state index contributed by atoms with van der Waals surface area (Å²) < 4.78 is 5.43. The number of ether oxygens (including phenoxy) is 1. The Morgan fingerprint density at radius 3 is 2.87 bits per heavy atom. The van der Waals surface area contributed by atoms with Gasteiger partial charge in [-0.25, -0.2) is 0 Å². The number of hydrogen-bond acceptors (Lipinski definition) is 2. The van der Waals surface area contributed by atoms with Gasteiger partial charge in [-0.05, 0) is 36.6 Å². The van der Waals surface area contributed by atoms with E-state index in [-0.39, 0.29) is 6.04 Å². The first kappa shape index (κ1) is 12.5. The van der Waals surface area contributed by atoms with E-state index in [1.54, 1.807) is 0 Å². The van der Waals surface area contributed by atoms with Gasteiger partial charge in [-0.1, -0.05) is 24.6 Å². The van der Waals surface area contributed by atoms with Crippen molar-refractivity contribution in [2.75, 3.05) is 13.2 Å². The van der Waals surface area contributed by atoms with Crippen LogP contribution in [0.15, 0.2) is 18.2 Å². The summed E-state index contributed by atoms with van der Waals surface area (Å²) in [5, 5.41) is 0.724. The van der Waals surface area contributed by atoms with E-state index in [0.29, 0.717) is 6.61 Å². The fourth-order valence-electron chi connectivity index (χ4n) is 1.46. The monoisotopic (exact) mass is 227 g/mol. The molecule has 1 rings (SSSR count). The molecule has 0 aliphatic rings. The van der Waals surface area contributed by atoms with Crippen LogP contribution in [0.4, 0.5) is 0 Å². The maximum atomic E-state index is 6.02. The standard InChI is InChI=1S/C12H18ClNO/c1-3-6-15-8-12(14)11-7-10(13)5-4-9(11)2/h4-5,7,12H,3,6,8,14H2,1-2H3. The zero-order valence-electron chi connectivity index (χ0n) is 9.29. The summed E-state index contributed by atoms with van der Waals surface area (Å²) in [6.45, 7) is 5.42. The summed E-state index contributed by atoms with van der Waals surface area (Å²) in [5.74, 6) is 0. The largest absolute Gasteiger partial charge is 0.379 e. The first-order valence-corrected chi connectivity index (χ1v) is 5.62. The molecule has 84 valence electrons. The number of benzene rings is 1. The zero-order valence-corrected chi connectivity index (χ0v) is 10.1. The van der Waals surface area contributed by atoms with E-state index in [9.17, 15) is 0 Å². The topological polar surface area (TPSA) is 35.2 Å². The molecule has 0 amide bonds. The van der Waals surface area contributed by atoms with Gasteiger partial charge in [0.05, 0.1) is 12.6 Å². The predicted molar refractivity (Wildman–Crippen MR) is 64.2 cm³/mol. The van der Waals surface area contributed by atoms with Gasteiger partial charge < -0.3 is 10.5 Å². The molecule has 2 nitrogen and oxygen atoms in total. The Morgan fingerprint density at radius 2 is 2.20 bits per heavy atom. The SMILES string of the molecule is CCCOCC(N)c1cc(Cl)ccc1C. The second-order valence-electron chi connectivity index (χ2n) is 3.68. The predicted octanol–water partition coefficient (Wildman–Crippen LogP) is 3.07. The van der Waals surface area contributed by atoms with Crippen molar-refractivity contribution in [1.29, 1.82) is 0 Å². The Kier molecular flexibility index (Phi) is 5.09. The van der Waals surface area contributed by atoms with Crippen molar-refractivity contribution < 1.29 is 4.74 Å². The van der Waals surface area contributed by atoms with E-state index in [1.807, 2.05) is 25.1 Å². The molecule has 0 spiro atoms. The van der Waals surface area contributed by atoms with Crippen LogP contribution in [0.25, 0.3) is 0 Å². The van der Waals surface area contributed by atoms with Crippen molar-refractivity contribution in [3.05, 3.63) is 34.3 Å². The van der Waals surface area contributed by atoms with Crippen LogP contribution in [0.1, 0.15) is 30.5 Å². The molecule has 0 bridgehead atoms. The third-order valence-electron chi connectivity index (χ3n) is 2.29. The van der Waals surface area contributed by atoms with E-state index in [2.05, 4.69) is 6.92 Å². The molecule has 0 aliphatic carbocycles. The molecule has 0 aliphatic heterocycles. The van der Waals surface area contributed by atoms with Crippen LogP contribution >= 0.6 is 11.6 Å². The van der Waals surface area contributed by atoms with E-state index >= 15 is 0 Å². The molecule has 1 unspecified atom stereocenters. The van der Waals surface area contributed by atoms with Crippen LogP contribution in [-0.4, -0.2) is 13.2 Å². The highest BCUT2D eigenvalue weighted by molar-refractivity contribution is 6.30. The number of aryl methyl sites for hydroxylation is 1. The number of nitrogens with two attached hydrogens (primary N) is 1. The van der Waals surface area contributed by atoms with Crippen LogP contribution in [0.3, 0.4) is 0 Å². The fraction of sp³-hybridized carbons (Fsp3) is 0.500. The Morgan fingerprint density at radius 1 is 1.47 bits per heavy atom. The summed E-state index contributed by atoms with van der Waals surface area (Å²) >= 11 is 5.93. The Labute approximate surface area is 96.4 Å². The Balaban J connectivity index is 2.64. The van der Waals surface area contributed by atoms with Crippen molar-refractivity contribution in [1.82, 2.24) is 0 Å². The minimum Gasteiger partial charge on any atom is -0.379 e. The van der Waals surface area contributed by atoms with Crippen molar-refractivity contribution in [2.24, 2.45) is 5.73 Å². The smallest absolute Gasteiger partial charge is 0.0659 e. The lowest BCUT2D eigenvalue weighted by atomic mass is 10.0. The second-order valence-corrected chi connectivity index (χ2v) is 4.12. The molecule has 3 heteroatoms. The number of rotatable bonds is 5. The molecule has 0 saturated carbocycles. The third-order valence-corrected chi connectivity index (χ3v) is 2.52. The first-order chi connectivity index (χ1) is 7.15. The molecule has 0 saturated heterocycles. The van der Waals surface area contributed by atoms with Crippen molar-refractivity contribution in [3.63, 3.8) is 0 Å². The van der Waals surface area contributed by atoms with Gasteiger partial charge in [0.25, 0.3) is 0 Å². The molecule has 15 heavy (non-hydrogen) atoms. The molecule has 0 aromatic heterocycles. The Hall–Kier alpha value is -0.570. The molecule has 0 radical (unpaired) electrons. The van der Waals surface area contributed by atoms with Gasteiger partial charge in [0.1, 0.15) is 0 Å². The first-order valence-electron chi connectivity index (χ1n) is 5.24. The highest BCUT2D eigenvalue weighted by Gasteiger charge is 2.09. The second kappa shape index (κ2) is 6.11. The van der Waals surface area contributed by atoms with E-state index in [0.717, 1.165) is 29.2 Å². The highest BCUT2D eigenvalue weighted by atomic mass is 35.5. The van der Waals surface area contributed by atoms with Gasteiger partial charge >= 0.3 is 0 Å². The molecular formula is C12H18ClNO. The summed E-state index contributed by atoms with van der Waals surface area (Å²) in [7, 11) is 0. The summed E-state index contributed by atoms with van der Waals surface area (Å²) in [6, 6.07) is 5.68. The highest BCUT2D eigenvalue weighted by Crippen LogP contribution is 2.20. The van der Waals surface area contributed by atoms with Gasteiger partial charge in [-0.15, -0.1) is 0 Å². The van der Waals surface area contributed by atoms with Gasteiger partial charge in [-0.3, -0.25) is 0 Å². The van der Waals surface area contributed by atoms with Crippen LogP contribution in [0.5, 0.6) is 0 Å². The molecular weight excluding hydrogens is 210 g/mol. The van der Waals surface area contributed by atoms with Gasteiger partial charge in [-0.2, -0.15) is 0 Å². The average molecular weight is 228 g/mol. The van der Waals surface area contributed by atoms with Crippen LogP contribution in [0.2, 0.25) is 5.02 Å². The lowest BCUT2D eigenvalue weighted by molar-refractivity contribution is 0.121. The lowest BCUT2D eigenvalue weighted by Gasteiger charge is -2.15. The van der Waals surface area contributed by atoms with E-state index in [1.165, 1.54) is 0 Å². The maximum Gasteiger partial charge on any atom is 0.0659 e. The molecule has 0 fully saturated rings. The van der Waals surface area contributed by atoms with Crippen LogP contribution in [0, 0.1) is 6.92 Å². The minimum atomic E-state index is -0.0877. The van der Waals surface area contributed by atoms with Crippen LogP contribution in [-0.2, 0) is 4.74 Å². The van der Waals surface area contributed by atoms with Crippen molar-refractivity contribution in [2.45, 2.75) is 26.3 Å². The molecule has 0 heterocycles. The summed E-state index contributed by atoms with van der Waals surface area (Å²) in [5.41, 5.74) is 8.25. The normalized spacial score (nSPS) is 12.8. The van der Waals surface area contributed by atoms with Crippen LogP contribution < -0.4 is 5.73 Å². The lowest BCUT2D eigenvalue weighted by Crippen LogP contribution is -2.18. The summed E-state index contributed by atoms with van der Waals surface area (Å²) in [6.07, 6.45) is 1.02. The fourth-order valence-corrected chi connectivity index (χ4v) is 1.64. The quantitative estimate of drug-likeness (QED) is 0.785. The molecule has 2 N–H and O–H groups in total. The minimum absolute atomic E-state index is 0.0877. The number of hydrogen-bond donors (Lipinski definition) is 1. The van der Waals surface area contributed by atoms with Crippen molar-refractivity contribution >= 4 is 11.6 Å². The van der Waals surface area contributed by atoms with Gasteiger partial charge in [0.15, 0.2) is 0 Å². The summed E-state index contributed by atoms with van der Waals surface area (Å²) in [4.78, 5) is 0. The van der Waals surface area contributed by atoms with E-state index in [4.69, 9.17) is 22.1 Å². The zero-order chi connectivity index (χ0) is 11.3.